The molecular formula is C10H9ClN4O2S. The number of nitrogens with zero attached hydrogens (tertiary/aromatic N) is 3. The molecule has 0 radical (unpaired) electrons. The van der Waals surface area contributed by atoms with Crippen LogP contribution in [0.5, 0.6) is 0 Å². The molecule has 2 aromatic rings. The van der Waals surface area contributed by atoms with Crippen LogP contribution >= 0.6 is 22.9 Å². The highest BCUT2D eigenvalue weighted by molar-refractivity contribution is 7.15. The highest BCUT2D eigenvalue weighted by Crippen LogP contribution is 2.23. The molecule has 8 heteroatoms. The normalized spacial score (nSPS) is 10.1. The molecule has 0 aromatic carbocycles. The first-order valence-corrected chi connectivity index (χ1v) is 6.15. The van der Waals surface area contributed by atoms with E-state index in [1.807, 2.05) is 0 Å². The number of carbonyl (C=O) groups is 1. The van der Waals surface area contributed by atoms with Gasteiger partial charge >= 0.3 is 0 Å². The number of anilines is 2. The van der Waals surface area contributed by atoms with E-state index in [2.05, 4.69) is 25.0 Å². The van der Waals surface area contributed by atoms with Crippen LogP contribution in [-0.4, -0.2) is 21.4 Å². The average molecular weight is 285 g/mol. The molecule has 0 amide bonds. The molecular weight excluding hydrogens is 276 g/mol. The lowest BCUT2D eigenvalue weighted by Gasteiger charge is -2.02. The van der Waals surface area contributed by atoms with Crippen LogP contribution in [-0.2, 0) is 16.1 Å². The Morgan fingerprint density at radius 2 is 2.39 bits per heavy atom. The van der Waals surface area contributed by atoms with Gasteiger partial charge in [0.1, 0.15) is 23.4 Å². The van der Waals surface area contributed by atoms with Gasteiger partial charge in [0, 0.05) is 12.3 Å². The van der Waals surface area contributed by atoms with Crippen molar-refractivity contribution in [2.45, 2.75) is 13.5 Å². The SMILES string of the molecule is Cc1nc(Cl)cc(Nc2ncc(COC=O)s2)n1. The lowest BCUT2D eigenvalue weighted by Crippen LogP contribution is -1.96. The summed E-state index contributed by atoms with van der Waals surface area (Å²) in [5, 5.41) is 4.02. The molecule has 0 spiro atoms. The molecule has 2 heterocycles. The Bertz CT molecular complexity index is 540. The maximum absolute atomic E-state index is 10.1. The predicted molar refractivity (Wildman–Crippen MR) is 68.0 cm³/mol. The smallest absolute Gasteiger partial charge is 0.293 e. The predicted octanol–water partition coefficient (Wildman–Crippen LogP) is 2.31. The van der Waals surface area contributed by atoms with Crippen LogP contribution in [0.25, 0.3) is 0 Å². The topological polar surface area (TPSA) is 77.0 Å². The quantitative estimate of drug-likeness (QED) is 0.671. The summed E-state index contributed by atoms with van der Waals surface area (Å²) in [6, 6.07) is 1.61. The second-order valence-corrected chi connectivity index (χ2v) is 4.79. The molecule has 0 fully saturated rings. The second kappa shape index (κ2) is 5.74. The summed E-state index contributed by atoms with van der Waals surface area (Å²) in [6.45, 7) is 2.37. The van der Waals surface area contributed by atoms with Crippen LogP contribution < -0.4 is 5.32 Å². The number of aryl methyl sites for hydroxylation is 1. The van der Waals surface area contributed by atoms with Crippen molar-refractivity contribution in [3.63, 3.8) is 0 Å². The second-order valence-electron chi connectivity index (χ2n) is 3.29. The Morgan fingerprint density at radius 3 is 3.11 bits per heavy atom. The molecule has 0 atom stereocenters. The molecule has 94 valence electrons. The number of carbonyl (C=O) groups excluding carboxylic acids is 1. The van der Waals surface area contributed by atoms with Crippen molar-refractivity contribution in [1.82, 2.24) is 15.0 Å². The van der Waals surface area contributed by atoms with Gasteiger partial charge in [-0.25, -0.2) is 15.0 Å². The van der Waals surface area contributed by atoms with E-state index in [0.29, 0.717) is 28.4 Å². The summed E-state index contributed by atoms with van der Waals surface area (Å²) in [5.41, 5.74) is 0. The van der Waals surface area contributed by atoms with Gasteiger partial charge in [-0.05, 0) is 6.92 Å². The molecule has 0 aliphatic carbocycles. The van der Waals surface area contributed by atoms with E-state index in [4.69, 9.17) is 11.6 Å². The zero-order chi connectivity index (χ0) is 13.0. The highest BCUT2D eigenvalue weighted by Gasteiger charge is 2.05. The number of hydrogen-bond acceptors (Lipinski definition) is 7. The minimum Gasteiger partial charge on any atom is -0.462 e. The fraction of sp³-hybridized carbons (Fsp3) is 0.200. The van der Waals surface area contributed by atoms with E-state index in [9.17, 15) is 4.79 Å². The first-order valence-electron chi connectivity index (χ1n) is 4.95. The minimum absolute atomic E-state index is 0.215. The van der Waals surface area contributed by atoms with E-state index < -0.39 is 0 Å². The van der Waals surface area contributed by atoms with Gasteiger partial charge in [0.2, 0.25) is 0 Å². The van der Waals surface area contributed by atoms with Crippen LogP contribution in [0.2, 0.25) is 5.15 Å². The third-order valence-electron chi connectivity index (χ3n) is 1.89. The molecule has 0 unspecified atom stereocenters. The third kappa shape index (κ3) is 3.38. The molecule has 0 aliphatic rings. The van der Waals surface area contributed by atoms with Gasteiger partial charge in [0.25, 0.3) is 6.47 Å². The van der Waals surface area contributed by atoms with Crippen molar-refractivity contribution < 1.29 is 9.53 Å². The fourth-order valence-corrected chi connectivity index (χ4v) is 2.22. The van der Waals surface area contributed by atoms with E-state index in [-0.39, 0.29) is 6.61 Å². The van der Waals surface area contributed by atoms with E-state index >= 15 is 0 Å². The number of rotatable bonds is 5. The van der Waals surface area contributed by atoms with Crippen molar-refractivity contribution in [3.05, 3.63) is 28.1 Å². The molecule has 2 rings (SSSR count). The summed E-state index contributed by atoms with van der Waals surface area (Å²) in [7, 11) is 0. The van der Waals surface area contributed by atoms with Gasteiger partial charge in [-0.15, -0.1) is 0 Å². The molecule has 2 aromatic heterocycles. The number of hydrogen-bond donors (Lipinski definition) is 1. The fourth-order valence-electron chi connectivity index (χ4n) is 1.25. The summed E-state index contributed by atoms with van der Waals surface area (Å²) >= 11 is 7.19. The molecule has 6 nitrogen and oxygen atoms in total. The van der Waals surface area contributed by atoms with Crippen molar-refractivity contribution in [2.24, 2.45) is 0 Å². The van der Waals surface area contributed by atoms with Gasteiger partial charge in [-0.1, -0.05) is 22.9 Å². The molecule has 0 saturated heterocycles. The van der Waals surface area contributed by atoms with Crippen LogP contribution in [0, 0.1) is 6.92 Å². The van der Waals surface area contributed by atoms with Crippen LogP contribution in [0.4, 0.5) is 10.9 Å². The van der Waals surface area contributed by atoms with E-state index in [1.165, 1.54) is 11.3 Å². The number of nitrogens with one attached hydrogen (secondary N) is 1. The first-order chi connectivity index (χ1) is 8.67. The maximum Gasteiger partial charge on any atom is 0.293 e. The molecule has 0 bridgehead atoms. The first kappa shape index (κ1) is 12.7. The Morgan fingerprint density at radius 1 is 1.56 bits per heavy atom. The third-order valence-corrected chi connectivity index (χ3v) is 2.97. The summed E-state index contributed by atoms with van der Waals surface area (Å²) < 4.78 is 4.64. The van der Waals surface area contributed by atoms with Crippen molar-refractivity contribution in [1.29, 1.82) is 0 Å². The van der Waals surface area contributed by atoms with Crippen LogP contribution in [0.3, 0.4) is 0 Å². The van der Waals surface area contributed by atoms with Crippen LogP contribution in [0.1, 0.15) is 10.7 Å². The lowest BCUT2D eigenvalue weighted by atomic mass is 10.5. The Labute approximate surface area is 112 Å². The monoisotopic (exact) mass is 284 g/mol. The summed E-state index contributed by atoms with van der Waals surface area (Å²) in [5.74, 6) is 1.15. The van der Waals surface area contributed by atoms with Gasteiger partial charge < -0.3 is 10.1 Å². The van der Waals surface area contributed by atoms with Crippen molar-refractivity contribution >= 4 is 40.4 Å². The highest BCUT2D eigenvalue weighted by atomic mass is 35.5. The molecule has 0 aliphatic heterocycles. The number of ether oxygens (including phenoxy) is 1. The Hall–Kier alpha value is -1.73. The average Bonchev–Trinajstić information content (AvgIpc) is 2.72. The zero-order valence-electron chi connectivity index (χ0n) is 9.38. The number of aromatic nitrogens is 3. The van der Waals surface area contributed by atoms with Gasteiger partial charge in [0.05, 0.1) is 4.88 Å². The lowest BCUT2D eigenvalue weighted by molar-refractivity contribution is -0.129. The molecule has 1 N–H and O–H groups in total. The van der Waals surface area contributed by atoms with Gasteiger partial charge in [-0.3, -0.25) is 4.79 Å². The molecule has 18 heavy (non-hydrogen) atoms. The maximum atomic E-state index is 10.1. The largest absolute Gasteiger partial charge is 0.462 e. The van der Waals surface area contributed by atoms with E-state index in [0.717, 1.165) is 4.88 Å². The Kier molecular flexibility index (Phi) is 4.06. The van der Waals surface area contributed by atoms with Gasteiger partial charge in [0.15, 0.2) is 5.13 Å². The zero-order valence-corrected chi connectivity index (χ0v) is 11.0. The van der Waals surface area contributed by atoms with E-state index in [1.54, 1.807) is 19.2 Å². The standard InChI is InChI=1S/C10H9ClN4O2S/c1-6-13-8(11)2-9(14-6)15-10-12-3-7(18-10)4-17-5-16/h2-3,5H,4H2,1H3,(H,12,13,14,15). The Balaban J connectivity index is 2.08. The molecule has 0 saturated carbocycles. The van der Waals surface area contributed by atoms with Gasteiger partial charge in [-0.2, -0.15) is 0 Å². The van der Waals surface area contributed by atoms with Crippen molar-refractivity contribution in [2.75, 3.05) is 5.32 Å². The summed E-state index contributed by atoms with van der Waals surface area (Å²) in [4.78, 5) is 23.2. The summed E-state index contributed by atoms with van der Waals surface area (Å²) in [6.07, 6.45) is 1.63. The number of halogens is 1. The minimum atomic E-state index is 0.215. The van der Waals surface area contributed by atoms with Crippen molar-refractivity contribution in [3.8, 4) is 0 Å². The number of thiazole rings is 1. The van der Waals surface area contributed by atoms with Crippen LogP contribution in [0.15, 0.2) is 12.3 Å².